The lowest BCUT2D eigenvalue weighted by Crippen LogP contribution is -2.45. The second-order valence-electron chi connectivity index (χ2n) is 5.99. The molecule has 2 rings (SSSR count). The molecule has 0 aliphatic carbocycles. The van der Waals surface area contributed by atoms with Crippen LogP contribution in [-0.4, -0.2) is 43.1 Å². The van der Waals surface area contributed by atoms with Crippen LogP contribution in [0.25, 0.3) is 0 Å². The summed E-state index contributed by atoms with van der Waals surface area (Å²) in [4.78, 5) is 13.4. The molecule has 6 heteroatoms. The van der Waals surface area contributed by atoms with Crippen LogP contribution in [0.15, 0.2) is 18.2 Å². The molecule has 1 saturated heterocycles. The van der Waals surface area contributed by atoms with Gasteiger partial charge in [-0.15, -0.1) is 0 Å². The molecule has 1 aromatic carbocycles. The first-order valence-electron chi connectivity index (χ1n) is 8.44. The smallest absolute Gasteiger partial charge is 0.311 e. The number of nitrogens with zero attached hydrogens (tertiary/aromatic N) is 2. The molecule has 0 saturated carbocycles. The third-order valence-electron chi connectivity index (χ3n) is 4.46. The molecule has 1 N–H and O–H groups in total. The van der Waals surface area contributed by atoms with Gasteiger partial charge in [0.1, 0.15) is 0 Å². The molecule has 1 aliphatic rings. The third kappa shape index (κ3) is 4.65. The Morgan fingerprint density at radius 2 is 2.09 bits per heavy atom. The number of piperazine rings is 1. The fourth-order valence-corrected chi connectivity index (χ4v) is 3.20. The van der Waals surface area contributed by atoms with Gasteiger partial charge in [-0.25, -0.2) is 0 Å². The van der Waals surface area contributed by atoms with Crippen molar-refractivity contribution in [2.24, 2.45) is 0 Å². The number of hydrogen-bond donors (Lipinski definition) is 1. The predicted molar refractivity (Wildman–Crippen MR) is 91.0 cm³/mol. The molecular weight excluding hydrogens is 294 g/mol. The molecule has 1 aromatic rings. The molecule has 0 bridgehead atoms. The Morgan fingerprint density at radius 3 is 2.70 bits per heavy atom. The van der Waals surface area contributed by atoms with Crippen LogP contribution in [0.2, 0.25) is 0 Å². The molecule has 128 valence electrons. The van der Waals surface area contributed by atoms with E-state index in [0.717, 1.165) is 44.6 Å². The van der Waals surface area contributed by atoms with Crippen LogP contribution in [0.4, 0.5) is 5.69 Å². The molecule has 0 amide bonds. The monoisotopic (exact) mass is 321 g/mol. The van der Waals surface area contributed by atoms with Crippen molar-refractivity contribution in [3.8, 4) is 5.75 Å². The number of unbranched alkanes of at least 4 members (excludes halogenated alkanes) is 2. The van der Waals surface area contributed by atoms with Crippen LogP contribution in [-0.2, 0) is 0 Å². The number of nitro benzene ring substituents is 1. The van der Waals surface area contributed by atoms with Crippen LogP contribution in [0.3, 0.4) is 0 Å². The number of ether oxygens (including phenoxy) is 1. The maximum atomic E-state index is 11.3. The molecule has 0 aromatic heterocycles. The third-order valence-corrected chi connectivity index (χ3v) is 4.46. The maximum Gasteiger partial charge on any atom is 0.311 e. The van der Waals surface area contributed by atoms with E-state index in [2.05, 4.69) is 17.1 Å². The largest absolute Gasteiger partial charge is 0.490 e. The first kappa shape index (κ1) is 17.7. The Hall–Kier alpha value is -1.66. The summed E-state index contributed by atoms with van der Waals surface area (Å²) in [5.74, 6) is 0.325. The molecule has 0 radical (unpaired) electrons. The van der Waals surface area contributed by atoms with E-state index in [9.17, 15) is 10.1 Å². The van der Waals surface area contributed by atoms with Crippen molar-refractivity contribution in [2.45, 2.75) is 38.6 Å². The lowest BCUT2D eigenvalue weighted by molar-refractivity contribution is -0.385. The summed E-state index contributed by atoms with van der Waals surface area (Å²) in [6.45, 7) is 6.11. The highest BCUT2D eigenvalue weighted by Crippen LogP contribution is 2.34. The average Bonchev–Trinajstić information content (AvgIpc) is 2.59. The van der Waals surface area contributed by atoms with Gasteiger partial charge in [-0.3, -0.25) is 15.0 Å². The zero-order chi connectivity index (χ0) is 16.7. The molecule has 23 heavy (non-hydrogen) atoms. The highest BCUT2D eigenvalue weighted by molar-refractivity contribution is 5.49. The first-order valence-corrected chi connectivity index (χ1v) is 8.44. The van der Waals surface area contributed by atoms with Gasteiger partial charge in [0.05, 0.1) is 12.0 Å². The minimum Gasteiger partial charge on any atom is -0.490 e. The molecule has 6 nitrogen and oxygen atoms in total. The Kier molecular flexibility index (Phi) is 6.80. The summed E-state index contributed by atoms with van der Waals surface area (Å²) in [7, 11) is 1.47. The van der Waals surface area contributed by atoms with Gasteiger partial charge >= 0.3 is 5.69 Å². The van der Waals surface area contributed by atoms with Gasteiger partial charge in [0.2, 0.25) is 0 Å². The lowest BCUT2D eigenvalue weighted by Gasteiger charge is -2.35. The van der Waals surface area contributed by atoms with Gasteiger partial charge in [-0.05, 0) is 18.1 Å². The summed E-state index contributed by atoms with van der Waals surface area (Å²) >= 11 is 0. The van der Waals surface area contributed by atoms with Crippen LogP contribution in [0, 0.1) is 10.1 Å². The van der Waals surface area contributed by atoms with Gasteiger partial charge in [-0.1, -0.05) is 32.3 Å². The van der Waals surface area contributed by atoms with E-state index >= 15 is 0 Å². The second kappa shape index (κ2) is 8.84. The zero-order valence-electron chi connectivity index (χ0n) is 14.1. The van der Waals surface area contributed by atoms with Crippen molar-refractivity contribution in [1.29, 1.82) is 0 Å². The number of hydrogen-bond acceptors (Lipinski definition) is 5. The zero-order valence-corrected chi connectivity index (χ0v) is 14.1. The molecule has 0 unspecified atom stereocenters. The van der Waals surface area contributed by atoms with Crippen molar-refractivity contribution in [2.75, 3.05) is 33.3 Å². The van der Waals surface area contributed by atoms with Crippen molar-refractivity contribution in [1.82, 2.24) is 10.2 Å². The normalized spacial score (nSPS) is 17.0. The van der Waals surface area contributed by atoms with Crippen molar-refractivity contribution >= 4 is 5.69 Å². The van der Waals surface area contributed by atoms with Gasteiger partial charge in [0.15, 0.2) is 5.75 Å². The Labute approximate surface area is 138 Å². The highest BCUT2D eigenvalue weighted by Gasteiger charge is 2.25. The van der Waals surface area contributed by atoms with Crippen LogP contribution >= 0.6 is 0 Å². The first-order chi connectivity index (χ1) is 11.2. The quantitative estimate of drug-likeness (QED) is 0.452. The summed E-state index contributed by atoms with van der Waals surface area (Å²) in [5, 5.41) is 14.7. The van der Waals surface area contributed by atoms with Gasteiger partial charge in [0, 0.05) is 38.3 Å². The number of rotatable bonds is 8. The second-order valence-corrected chi connectivity index (χ2v) is 5.99. The minimum atomic E-state index is -0.358. The highest BCUT2D eigenvalue weighted by atomic mass is 16.6. The molecule has 1 atom stereocenters. The van der Waals surface area contributed by atoms with Gasteiger partial charge in [0.25, 0.3) is 0 Å². The number of nitro groups is 1. The maximum absolute atomic E-state index is 11.3. The summed E-state index contributed by atoms with van der Waals surface area (Å²) in [6, 6.07) is 5.64. The number of benzene rings is 1. The Balaban J connectivity index is 2.25. The summed E-state index contributed by atoms with van der Waals surface area (Å²) < 4.78 is 5.12. The van der Waals surface area contributed by atoms with E-state index in [4.69, 9.17) is 4.74 Å². The summed E-state index contributed by atoms with van der Waals surface area (Å²) in [5.41, 5.74) is 1.08. The predicted octanol–water partition coefficient (Wildman–Crippen LogP) is 3.13. The van der Waals surface area contributed by atoms with E-state index in [1.807, 2.05) is 6.07 Å². The Bertz CT molecular complexity index is 516. The van der Waals surface area contributed by atoms with E-state index in [-0.39, 0.29) is 16.7 Å². The van der Waals surface area contributed by atoms with E-state index in [1.54, 1.807) is 12.1 Å². The van der Waals surface area contributed by atoms with Crippen molar-refractivity contribution in [3.63, 3.8) is 0 Å². The molecule has 1 aliphatic heterocycles. The average molecular weight is 321 g/mol. The fourth-order valence-electron chi connectivity index (χ4n) is 3.20. The van der Waals surface area contributed by atoms with E-state index < -0.39 is 0 Å². The van der Waals surface area contributed by atoms with Crippen LogP contribution < -0.4 is 10.1 Å². The molecular formula is C17H27N3O3. The molecule has 1 heterocycles. The van der Waals surface area contributed by atoms with Crippen molar-refractivity contribution < 1.29 is 9.66 Å². The summed E-state index contributed by atoms with van der Waals surface area (Å²) in [6.07, 6.45) is 4.56. The molecule has 0 spiro atoms. The van der Waals surface area contributed by atoms with E-state index in [0.29, 0.717) is 5.75 Å². The van der Waals surface area contributed by atoms with Crippen molar-refractivity contribution in [3.05, 3.63) is 33.9 Å². The SMILES string of the molecule is CCCCC[C@@H](c1ccc(OC)c([N+](=O)[O-])c1)N1CCNCC1. The van der Waals surface area contributed by atoms with Crippen LogP contribution in [0.1, 0.15) is 44.2 Å². The standard InChI is InChI=1S/C17H27N3O3/c1-3-4-5-6-15(19-11-9-18-10-12-19)14-7-8-17(23-2)16(13-14)20(21)22/h7-8,13,15,18H,3-6,9-12H2,1-2H3/t15-/m0/s1. The Morgan fingerprint density at radius 1 is 1.35 bits per heavy atom. The minimum absolute atomic E-state index is 0.0561. The lowest BCUT2D eigenvalue weighted by atomic mass is 9.97. The fraction of sp³-hybridized carbons (Fsp3) is 0.647. The van der Waals surface area contributed by atoms with Crippen LogP contribution in [0.5, 0.6) is 5.75 Å². The van der Waals surface area contributed by atoms with Gasteiger partial charge < -0.3 is 10.1 Å². The van der Waals surface area contributed by atoms with Gasteiger partial charge in [-0.2, -0.15) is 0 Å². The molecule has 1 fully saturated rings. The van der Waals surface area contributed by atoms with E-state index in [1.165, 1.54) is 20.0 Å². The number of methoxy groups -OCH3 is 1. The topological polar surface area (TPSA) is 67.6 Å². The number of nitrogens with one attached hydrogen (secondary N) is 1.